The molecule has 12 aromatic rings. The normalized spacial score (nSPS) is 14.1. The lowest BCUT2D eigenvalue weighted by Gasteiger charge is -2.29. The topological polar surface area (TPSA) is 19.6 Å². The molecule has 334 valence electrons. The van der Waals surface area contributed by atoms with Crippen molar-refractivity contribution in [3.63, 3.8) is 0 Å². The Kier molecular flexibility index (Phi) is 10.5. The summed E-state index contributed by atoms with van der Waals surface area (Å²) in [6.07, 6.45) is 7.76. The predicted molar refractivity (Wildman–Crippen MR) is 303 cm³/mol. The van der Waals surface area contributed by atoms with Gasteiger partial charge in [-0.2, -0.15) is 0 Å². The molecule has 3 heterocycles. The van der Waals surface area contributed by atoms with Gasteiger partial charge in [0, 0.05) is 81.0 Å². The summed E-state index contributed by atoms with van der Waals surface area (Å²) in [5.41, 5.74) is 14.2. The van der Waals surface area contributed by atoms with Crippen molar-refractivity contribution in [3.8, 4) is 11.1 Å². The maximum Gasteiger partial charge on any atom is 0.135 e. The van der Waals surface area contributed by atoms with E-state index in [9.17, 15) is 0 Å². The van der Waals surface area contributed by atoms with E-state index in [0.29, 0.717) is 0 Å². The minimum Gasteiger partial charge on any atom is -0.456 e. The number of thiophene rings is 1. The lowest BCUT2D eigenvalue weighted by Crippen LogP contribution is -2.15. The Morgan fingerprint density at radius 2 is 1.16 bits per heavy atom. The van der Waals surface area contributed by atoms with Gasteiger partial charge >= 0.3 is 0 Å². The highest BCUT2D eigenvalue weighted by molar-refractivity contribution is 7.99. The van der Waals surface area contributed by atoms with Crippen LogP contribution in [0.25, 0.3) is 80.4 Å². The van der Waals surface area contributed by atoms with E-state index >= 15 is 0 Å². The SMILES string of the molecule is C=C1/C=C\C(N(c2ccccc2)c2ccc3c(c2)sc2ccccc23)=C/CSc2cccc3c2c1c(CC)c1ccc(N(c2ccc4oc5ccccc5c4c2)c2ccccc2-c2ccccc2)cc13. The number of allylic oxidation sites excluding steroid dienone is 3. The maximum absolute atomic E-state index is 6.35. The molecule has 2 aromatic heterocycles. The van der Waals surface area contributed by atoms with Gasteiger partial charge < -0.3 is 14.2 Å². The molecule has 0 fully saturated rings. The number of hydrogen-bond acceptors (Lipinski definition) is 5. The average molecular weight is 935 g/mol. The standard InChI is InChI=1S/C65H46N2OS2/c1-3-49-51-34-31-46(67(58-25-13-10-21-50(58)43-17-6-4-7-18-43)47-33-36-60-57(40-47)52-22-11-14-26-59(52)68-60)39-56(51)55-24-16-28-62-65(55)64(49)42(2)29-30-45(37-38-69-62)66(44-19-8-5-9-20-44)48-32-35-54-53-23-12-15-27-61(53)70-63(54)41-48/h4-37,39-41H,2-3,38H2,1H3/b30-29-,45-37+. The average Bonchev–Trinajstić information content (AvgIpc) is 3.98. The Balaban J connectivity index is 0.967. The summed E-state index contributed by atoms with van der Waals surface area (Å²) in [7, 11) is 0. The van der Waals surface area contributed by atoms with E-state index in [-0.39, 0.29) is 0 Å². The summed E-state index contributed by atoms with van der Waals surface area (Å²) >= 11 is 3.75. The van der Waals surface area contributed by atoms with Gasteiger partial charge in [-0.05, 0) is 130 Å². The van der Waals surface area contributed by atoms with Crippen LogP contribution < -0.4 is 9.80 Å². The van der Waals surface area contributed by atoms with Crippen LogP contribution in [-0.2, 0) is 6.42 Å². The van der Waals surface area contributed by atoms with Crippen LogP contribution in [-0.4, -0.2) is 5.75 Å². The number of furan rings is 1. The summed E-state index contributed by atoms with van der Waals surface area (Å²) in [6.45, 7) is 7.17. The molecule has 0 aliphatic carbocycles. The van der Waals surface area contributed by atoms with Crippen molar-refractivity contribution in [1.29, 1.82) is 0 Å². The lowest BCUT2D eigenvalue weighted by molar-refractivity contribution is 0.669. The molecule has 5 heteroatoms. The molecular weight excluding hydrogens is 889 g/mol. The Bertz CT molecular complexity index is 4090. The third-order valence-corrected chi connectivity index (χ3v) is 16.0. The van der Waals surface area contributed by atoms with Crippen LogP contribution in [0.5, 0.6) is 0 Å². The van der Waals surface area contributed by atoms with Crippen LogP contribution in [0, 0.1) is 0 Å². The first-order valence-corrected chi connectivity index (χ1v) is 25.7. The third-order valence-electron chi connectivity index (χ3n) is 13.9. The molecular formula is C65H46N2OS2. The summed E-state index contributed by atoms with van der Waals surface area (Å²) in [5.74, 6) is 0.786. The summed E-state index contributed by atoms with van der Waals surface area (Å²) in [4.78, 5) is 6.08. The van der Waals surface area contributed by atoms with Crippen LogP contribution in [0.4, 0.5) is 28.4 Å². The number of nitrogens with zero attached hydrogens (tertiary/aromatic N) is 2. The van der Waals surface area contributed by atoms with Crippen LogP contribution in [0.15, 0.2) is 246 Å². The molecule has 0 saturated carbocycles. The molecule has 0 spiro atoms. The fourth-order valence-electron chi connectivity index (χ4n) is 10.7. The Morgan fingerprint density at radius 3 is 2.00 bits per heavy atom. The third kappa shape index (κ3) is 7.12. The largest absolute Gasteiger partial charge is 0.456 e. The molecule has 1 aliphatic rings. The minimum atomic E-state index is 0.786. The molecule has 0 N–H and O–H groups in total. The van der Waals surface area contributed by atoms with Crippen molar-refractivity contribution < 1.29 is 4.42 Å². The number of hydrogen-bond donors (Lipinski definition) is 0. The molecule has 0 bridgehead atoms. The summed E-state index contributed by atoms with van der Waals surface area (Å²) in [5, 5.41) is 9.76. The molecule has 70 heavy (non-hydrogen) atoms. The molecule has 0 unspecified atom stereocenters. The molecule has 13 rings (SSSR count). The molecule has 3 nitrogen and oxygen atoms in total. The Morgan fingerprint density at radius 1 is 0.500 bits per heavy atom. The van der Waals surface area contributed by atoms with Crippen molar-refractivity contribution in [2.24, 2.45) is 0 Å². The van der Waals surface area contributed by atoms with Crippen LogP contribution in [0.2, 0.25) is 0 Å². The van der Waals surface area contributed by atoms with E-state index in [1.165, 1.54) is 57.7 Å². The number of thioether (sulfide) groups is 1. The van der Waals surface area contributed by atoms with Gasteiger partial charge in [0.25, 0.3) is 0 Å². The van der Waals surface area contributed by atoms with Gasteiger partial charge in [-0.3, -0.25) is 0 Å². The Hall–Kier alpha value is -8.09. The van der Waals surface area contributed by atoms with E-state index in [1.54, 1.807) is 0 Å². The quantitative estimate of drug-likeness (QED) is 0.141. The monoisotopic (exact) mass is 934 g/mol. The van der Waals surface area contributed by atoms with Crippen LogP contribution in [0.3, 0.4) is 0 Å². The lowest BCUT2D eigenvalue weighted by atomic mass is 9.86. The first-order chi connectivity index (χ1) is 34.6. The number of rotatable bonds is 8. The van der Waals surface area contributed by atoms with Crippen molar-refractivity contribution in [3.05, 3.63) is 248 Å². The van der Waals surface area contributed by atoms with Crippen molar-refractivity contribution in [1.82, 2.24) is 0 Å². The second-order valence-electron chi connectivity index (χ2n) is 17.9. The summed E-state index contributed by atoms with van der Waals surface area (Å²) < 4.78 is 8.94. The number of benzene rings is 10. The zero-order valence-corrected chi connectivity index (χ0v) is 40.2. The molecule has 0 amide bonds. The van der Waals surface area contributed by atoms with E-state index in [4.69, 9.17) is 11.0 Å². The number of aryl methyl sites for hydroxylation is 1. The number of anilines is 5. The van der Waals surface area contributed by atoms with E-state index < -0.39 is 0 Å². The highest BCUT2D eigenvalue weighted by Gasteiger charge is 2.24. The first-order valence-electron chi connectivity index (χ1n) is 23.9. The van der Waals surface area contributed by atoms with Gasteiger partial charge in [0.2, 0.25) is 0 Å². The zero-order chi connectivity index (χ0) is 46.7. The zero-order valence-electron chi connectivity index (χ0n) is 38.6. The van der Waals surface area contributed by atoms with E-state index in [1.807, 2.05) is 35.2 Å². The van der Waals surface area contributed by atoms with Gasteiger partial charge in [-0.1, -0.05) is 153 Å². The highest BCUT2D eigenvalue weighted by Crippen LogP contribution is 2.48. The fraction of sp³-hybridized carbons (Fsp3) is 0.0462. The van der Waals surface area contributed by atoms with Crippen LogP contribution in [0.1, 0.15) is 18.1 Å². The minimum absolute atomic E-state index is 0.786. The first kappa shape index (κ1) is 42.0. The molecule has 0 atom stereocenters. The molecule has 0 saturated heterocycles. The fourth-order valence-corrected chi connectivity index (χ4v) is 12.8. The molecule has 10 aromatic carbocycles. The highest BCUT2D eigenvalue weighted by atomic mass is 32.2. The summed E-state index contributed by atoms with van der Waals surface area (Å²) in [6, 6.07) is 74.7. The van der Waals surface area contributed by atoms with Gasteiger partial charge in [0.1, 0.15) is 11.2 Å². The molecule has 0 radical (unpaired) electrons. The van der Waals surface area contributed by atoms with Crippen molar-refractivity contribution >= 4 is 121 Å². The molecule has 1 aliphatic heterocycles. The Labute approximate surface area is 415 Å². The number of para-hydroxylation sites is 3. The van der Waals surface area contributed by atoms with Gasteiger partial charge in [-0.25, -0.2) is 0 Å². The van der Waals surface area contributed by atoms with Crippen molar-refractivity contribution in [2.45, 2.75) is 18.2 Å². The van der Waals surface area contributed by atoms with Gasteiger partial charge in [0.15, 0.2) is 0 Å². The van der Waals surface area contributed by atoms with E-state index in [2.05, 4.69) is 229 Å². The van der Waals surface area contributed by atoms with Gasteiger partial charge in [0.05, 0.1) is 5.69 Å². The maximum atomic E-state index is 6.35. The smallest absolute Gasteiger partial charge is 0.135 e. The number of fused-ring (bicyclic) bond motifs is 8. The predicted octanol–water partition coefficient (Wildman–Crippen LogP) is 19.4. The van der Waals surface area contributed by atoms with E-state index in [0.717, 1.165) is 84.9 Å². The van der Waals surface area contributed by atoms with Crippen LogP contribution >= 0.6 is 23.1 Å². The van der Waals surface area contributed by atoms with Crippen molar-refractivity contribution in [2.75, 3.05) is 15.6 Å². The second kappa shape index (κ2) is 17.5. The van der Waals surface area contributed by atoms with Gasteiger partial charge in [-0.15, -0.1) is 23.1 Å². The second-order valence-corrected chi connectivity index (χ2v) is 20.0.